The number of hydrogen-bond donors (Lipinski definition) is 3. The number of phenols is 1. The van der Waals surface area contributed by atoms with Crippen LogP contribution in [0.4, 0.5) is 0 Å². The van der Waals surface area contributed by atoms with Crippen LogP contribution in [0, 0.1) is 0 Å². The molecule has 1 aromatic carbocycles. The zero-order valence-corrected chi connectivity index (χ0v) is 10.7. The van der Waals surface area contributed by atoms with Gasteiger partial charge in [0.15, 0.2) is 0 Å². The van der Waals surface area contributed by atoms with Crippen molar-refractivity contribution < 1.29 is 10.2 Å². The van der Waals surface area contributed by atoms with Crippen molar-refractivity contribution in [3.8, 4) is 5.75 Å². The topological polar surface area (TPSA) is 52.5 Å². The van der Waals surface area contributed by atoms with Gasteiger partial charge in [-0.3, -0.25) is 0 Å². The van der Waals surface area contributed by atoms with Gasteiger partial charge in [-0.1, -0.05) is 29.3 Å². The lowest BCUT2D eigenvalue weighted by molar-refractivity contribution is 0.187. The summed E-state index contributed by atoms with van der Waals surface area (Å²) in [6.07, 6.45) is -0.438. The maximum Gasteiger partial charge on any atom is 0.140 e. The second-order valence-corrected chi connectivity index (χ2v) is 4.56. The lowest BCUT2D eigenvalue weighted by atomic mass is 10.1. The van der Waals surface area contributed by atoms with Gasteiger partial charge in [0.1, 0.15) is 10.8 Å². The number of aliphatic hydroxyl groups excluding tert-OH is 1. The Morgan fingerprint density at radius 3 is 2.50 bits per heavy atom. The van der Waals surface area contributed by atoms with Crippen molar-refractivity contribution >= 4 is 23.2 Å². The van der Waals surface area contributed by atoms with E-state index in [2.05, 4.69) is 5.32 Å². The van der Waals surface area contributed by atoms with Crippen LogP contribution < -0.4 is 5.32 Å². The van der Waals surface area contributed by atoms with Crippen LogP contribution >= 0.6 is 23.2 Å². The predicted octanol–water partition coefficient (Wildman–Crippen LogP) is 2.73. The Bertz CT molecular complexity index is 369. The molecule has 0 aliphatic heterocycles. The molecule has 1 unspecified atom stereocenters. The Labute approximate surface area is 105 Å². The Morgan fingerprint density at radius 1 is 1.31 bits per heavy atom. The van der Waals surface area contributed by atoms with Crippen LogP contribution in [-0.2, 0) is 0 Å². The van der Waals surface area contributed by atoms with Crippen molar-refractivity contribution in [1.29, 1.82) is 0 Å². The minimum absolute atomic E-state index is 0.0141. The number of halogens is 2. The summed E-state index contributed by atoms with van der Waals surface area (Å²) in [4.78, 5) is 0. The fourth-order valence-corrected chi connectivity index (χ4v) is 1.69. The van der Waals surface area contributed by atoms with Crippen molar-refractivity contribution in [2.24, 2.45) is 0 Å². The lowest BCUT2D eigenvalue weighted by Crippen LogP contribution is -2.27. The predicted molar refractivity (Wildman–Crippen MR) is 66.2 cm³/mol. The van der Waals surface area contributed by atoms with Crippen LogP contribution in [0.25, 0.3) is 0 Å². The standard InChI is InChI=1S/C11H15Cl2NO2/c1-6(15)5-14-7(2)8-3-4-9(12)10(13)11(8)16/h3-4,6-7,14-16H,5H2,1-2H3/t6-,7?/m0/s1. The number of nitrogens with one attached hydrogen (secondary N) is 1. The van der Waals surface area contributed by atoms with Gasteiger partial charge >= 0.3 is 0 Å². The van der Waals surface area contributed by atoms with Crippen molar-refractivity contribution in [3.05, 3.63) is 27.7 Å². The highest BCUT2D eigenvalue weighted by molar-refractivity contribution is 6.43. The smallest absolute Gasteiger partial charge is 0.140 e. The fourth-order valence-electron chi connectivity index (χ4n) is 1.36. The first-order valence-corrected chi connectivity index (χ1v) is 5.77. The summed E-state index contributed by atoms with van der Waals surface area (Å²) >= 11 is 11.6. The zero-order valence-electron chi connectivity index (χ0n) is 9.17. The molecule has 90 valence electrons. The van der Waals surface area contributed by atoms with E-state index in [1.807, 2.05) is 6.92 Å². The zero-order chi connectivity index (χ0) is 12.3. The molecule has 0 spiro atoms. The third-order valence-electron chi connectivity index (χ3n) is 2.29. The van der Waals surface area contributed by atoms with E-state index in [1.165, 1.54) is 0 Å². The molecule has 0 heterocycles. The number of aromatic hydroxyl groups is 1. The average molecular weight is 264 g/mol. The maximum absolute atomic E-state index is 9.80. The average Bonchev–Trinajstić information content (AvgIpc) is 2.23. The summed E-state index contributed by atoms with van der Waals surface area (Å²) in [7, 11) is 0. The van der Waals surface area contributed by atoms with E-state index in [0.717, 1.165) is 0 Å². The van der Waals surface area contributed by atoms with E-state index in [-0.39, 0.29) is 16.8 Å². The van der Waals surface area contributed by atoms with E-state index in [1.54, 1.807) is 19.1 Å². The number of hydrogen-bond acceptors (Lipinski definition) is 3. The molecule has 16 heavy (non-hydrogen) atoms. The summed E-state index contributed by atoms with van der Waals surface area (Å²) < 4.78 is 0. The molecule has 0 fully saturated rings. The SMILES string of the molecule is CC(NC[C@H](C)O)c1ccc(Cl)c(Cl)c1O. The van der Waals surface area contributed by atoms with E-state index in [0.29, 0.717) is 17.1 Å². The van der Waals surface area contributed by atoms with E-state index < -0.39 is 6.10 Å². The molecule has 0 aromatic heterocycles. The van der Waals surface area contributed by atoms with Crippen LogP contribution in [-0.4, -0.2) is 22.9 Å². The summed E-state index contributed by atoms with van der Waals surface area (Å²) in [6, 6.07) is 3.24. The molecule has 2 atom stereocenters. The molecule has 3 nitrogen and oxygen atoms in total. The van der Waals surface area contributed by atoms with Gasteiger partial charge in [-0.15, -0.1) is 0 Å². The normalized spacial score (nSPS) is 14.8. The van der Waals surface area contributed by atoms with Crippen molar-refractivity contribution in [2.45, 2.75) is 26.0 Å². The van der Waals surface area contributed by atoms with Gasteiger partial charge in [-0.25, -0.2) is 0 Å². The van der Waals surface area contributed by atoms with Crippen LogP contribution in [0.1, 0.15) is 25.5 Å². The van der Waals surface area contributed by atoms with Gasteiger partial charge < -0.3 is 15.5 Å². The van der Waals surface area contributed by atoms with Gasteiger partial charge in [0, 0.05) is 18.2 Å². The molecule has 1 rings (SSSR count). The summed E-state index contributed by atoms with van der Waals surface area (Å²) in [5.41, 5.74) is 0.662. The molecule has 0 bridgehead atoms. The number of rotatable bonds is 4. The molecule has 3 N–H and O–H groups in total. The summed E-state index contributed by atoms with van der Waals surface area (Å²) in [6.45, 7) is 4.01. The summed E-state index contributed by atoms with van der Waals surface area (Å²) in [5.74, 6) is -0.0141. The van der Waals surface area contributed by atoms with Crippen molar-refractivity contribution in [2.75, 3.05) is 6.54 Å². The van der Waals surface area contributed by atoms with E-state index >= 15 is 0 Å². The molecule has 0 radical (unpaired) electrons. The van der Waals surface area contributed by atoms with Crippen LogP contribution in [0.3, 0.4) is 0 Å². The maximum atomic E-state index is 9.80. The van der Waals surface area contributed by atoms with Gasteiger partial charge in [0.05, 0.1) is 11.1 Å². The fraction of sp³-hybridized carbons (Fsp3) is 0.455. The largest absolute Gasteiger partial charge is 0.506 e. The summed E-state index contributed by atoms with van der Waals surface area (Å²) in [5, 5.41) is 22.5. The molecule has 1 aromatic rings. The Morgan fingerprint density at radius 2 is 1.94 bits per heavy atom. The molecule has 0 saturated carbocycles. The highest BCUT2D eigenvalue weighted by Gasteiger charge is 2.14. The van der Waals surface area contributed by atoms with E-state index in [4.69, 9.17) is 28.3 Å². The quantitative estimate of drug-likeness (QED) is 0.783. The molecule has 0 aliphatic rings. The Balaban J connectivity index is 2.84. The van der Waals surface area contributed by atoms with Crippen molar-refractivity contribution in [1.82, 2.24) is 5.32 Å². The van der Waals surface area contributed by atoms with Gasteiger partial charge in [0.25, 0.3) is 0 Å². The van der Waals surface area contributed by atoms with Gasteiger partial charge in [-0.05, 0) is 19.9 Å². The number of phenolic OH excluding ortho intramolecular Hbond substituents is 1. The first-order chi connectivity index (χ1) is 7.43. The minimum Gasteiger partial charge on any atom is -0.506 e. The molecule has 0 amide bonds. The van der Waals surface area contributed by atoms with Crippen LogP contribution in [0.2, 0.25) is 10.0 Å². The molecule has 0 aliphatic carbocycles. The first-order valence-electron chi connectivity index (χ1n) is 5.01. The Hall–Kier alpha value is -0.480. The van der Waals surface area contributed by atoms with E-state index in [9.17, 15) is 5.11 Å². The van der Waals surface area contributed by atoms with Gasteiger partial charge in [-0.2, -0.15) is 0 Å². The second-order valence-electron chi connectivity index (χ2n) is 3.78. The molecule has 5 heteroatoms. The molecular formula is C11H15Cl2NO2. The molecule has 0 saturated heterocycles. The first kappa shape index (κ1) is 13.6. The third-order valence-corrected chi connectivity index (χ3v) is 3.08. The Kier molecular flexibility index (Phi) is 4.87. The monoisotopic (exact) mass is 263 g/mol. The third kappa shape index (κ3) is 3.25. The number of aliphatic hydroxyl groups is 1. The second kappa shape index (κ2) is 5.73. The molecular weight excluding hydrogens is 249 g/mol. The van der Waals surface area contributed by atoms with Crippen LogP contribution in [0.5, 0.6) is 5.75 Å². The van der Waals surface area contributed by atoms with Crippen molar-refractivity contribution in [3.63, 3.8) is 0 Å². The highest BCUT2D eigenvalue weighted by Crippen LogP contribution is 2.36. The highest BCUT2D eigenvalue weighted by atomic mass is 35.5. The van der Waals surface area contributed by atoms with Gasteiger partial charge in [0.2, 0.25) is 0 Å². The lowest BCUT2D eigenvalue weighted by Gasteiger charge is -2.17. The minimum atomic E-state index is -0.438. The van der Waals surface area contributed by atoms with Crippen LogP contribution in [0.15, 0.2) is 12.1 Å². The number of benzene rings is 1.